The van der Waals surface area contributed by atoms with Gasteiger partial charge in [0.15, 0.2) is 11.5 Å². The molecule has 0 spiro atoms. The smallest absolute Gasteiger partial charge is 0.152 e. The number of fused-ring (bicyclic) bond motifs is 8. The van der Waals surface area contributed by atoms with Crippen LogP contribution in [-0.2, 0) is 0 Å². The predicted molar refractivity (Wildman–Crippen MR) is 186 cm³/mol. The van der Waals surface area contributed by atoms with Crippen molar-refractivity contribution in [2.45, 2.75) is 0 Å². The number of aromatic nitrogens is 2. The van der Waals surface area contributed by atoms with Crippen molar-refractivity contribution < 1.29 is 4.74 Å². The van der Waals surface area contributed by atoms with Crippen molar-refractivity contribution in [1.82, 2.24) is 9.13 Å². The van der Waals surface area contributed by atoms with Gasteiger partial charge in [0.25, 0.3) is 0 Å². The van der Waals surface area contributed by atoms with Crippen LogP contribution in [0.5, 0.6) is 11.5 Å². The first-order valence-electron chi connectivity index (χ1n) is 15.4. The molecular formula is C42H26N2O. The van der Waals surface area contributed by atoms with Crippen molar-refractivity contribution in [2.75, 3.05) is 0 Å². The van der Waals surface area contributed by atoms with Gasteiger partial charge in [0.05, 0.1) is 27.8 Å². The Bertz CT molecular complexity index is 2570. The Morgan fingerprint density at radius 1 is 0.356 bits per heavy atom. The monoisotopic (exact) mass is 574 g/mol. The van der Waals surface area contributed by atoms with Crippen LogP contribution in [0.15, 0.2) is 158 Å². The summed E-state index contributed by atoms with van der Waals surface area (Å²) in [7, 11) is 0. The number of benzene rings is 7. The zero-order valence-electron chi connectivity index (χ0n) is 24.3. The fraction of sp³-hybridized carbons (Fsp3) is 0. The molecule has 3 heterocycles. The highest BCUT2D eigenvalue weighted by Crippen LogP contribution is 2.46. The van der Waals surface area contributed by atoms with Crippen LogP contribution in [0, 0.1) is 0 Å². The first-order chi connectivity index (χ1) is 22.3. The molecule has 7 aromatic carbocycles. The maximum absolute atomic E-state index is 6.44. The maximum atomic E-state index is 6.44. The van der Waals surface area contributed by atoms with Gasteiger partial charge in [0, 0.05) is 27.2 Å². The van der Waals surface area contributed by atoms with Crippen molar-refractivity contribution in [3.63, 3.8) is 0 Å². The molecule has 1 aliphatic heterocycles. The van der Waals surface area contributed by atoms with E-state index in [1.165, 1.54) is 54.8 Å². The molecular weight excluding hydrogens is 548 g/mol. The third kappa shape index (κ3) is 3.52. The molecule has 45 heavy (non-hydrogen) atoms. The van der Waals surface area contributed by atoms with E-state index in [-0.39, 0.29) is 0 Å². The van der Waals surface area contributed by atoms with Crippen LogP contribution < -0.4 is 4.74 Å². The highest BCUT2D eigenvalue weighted by molar-refractivity contribution is 6.12. The van der Waals surface area contributed by atoms with Crippen LogP contribution in [0.2, 0.25) is 0 Å². The molecule has 0 atom stereocenters. The zero-order chi connectivity index (χ0) is 29.5. The molecule has 0 N–H and O–H groups in total. The van der Waals surface area contributed by atoms with Gasteiger partial charge in [-0.1, -0.05) is 103 Å². The first-order valence-corrected chi connectivity index (χ1v) is 15.4. The lowest BCUT2D eigenvalue weighted by Crippen LogP contribution is -2.04. The van der Waals surface area contributed by atoms with Crippen molar-refractivity contribution in [3.05, 3.63) is 158 Å². The summed E-state index contributed by atoms with van der Waals surface area (Å²) in [6.07, 6.45) is 0. The van der Waals surface area contributed by atoms with Crippen molar-refractivity contribution in [2.24, 2.45) is 0 Å². The van der Waals surface area contributed by atoms with Gasteiger partial charge >= 0.3 is 0 Å². The third-order valence-electron chi connectivity index (χ3n) is 9.31. The Balaban J connectivity index is 1.06. The minimum absolute atomic E-state index is 0.872. The fourth-order valence-corrected chi connectivity index (χ4v) is 7.28. The average Bonchev–Trinajstić information content (AvgIpc) is 3.63. The topological polar surface area (TPSA) is 19.1 Å². The summed E-state index contributed by atoms with van der Waals surface area (Å²) in [5.41, 5.74) is 11.7. The maximum Gasteiger partial charge on any atom is 0.152 e. The zero-order valence-corrected chi connectivity index (χ0v) is 24.3. The second-order valence-electron chi connectivity index (χ2n) is 11.8. The van der Waals surface area contributed by atoms with Crippen LogP contribution in [-0.4, -0.2) is 9.13 Å². The summed E-state index contributed by atoms with van der Waals surface area (Å²) in [6, 6.07) is 56.5. The highest BCUT2D eigenvalue weighted by Gasteiger charge is 2.24. The van der Waals surface area contributed by atoms with E-state index in [0.717, 1.165) is 34.0 Å². The van der Waals surface area contributed by atoms with E-state index in [1.807, 2.05) is 0 Å². The lowest BCUT2D eigenvalue weighted by molar-refractivity contribution is 0.476. The summed E-state index contributed by atoms with van der Waals surface area (Å²) < 4.78 is 11.2. The van der Waals surface area contributed by atoms with E-state index in [1.54, 1.807) is 0 Å². The van der Waals surface area contributed by atoms with Gasteiger partial charge in [-0.3, -0.25) is 0 Å². The van der Waals surface area contributed by atoms with Crippen molar-refractivity contribution >= 4 is 43.6 Å². The molecule has 0 radical (unpaired) electrons. The highest BCUT2D eigenvalue weighted by atomic mass is 16.5. The van der Waals surface area contributed by atoms with E-state index < -0.39 is 0 Å². The molecule has 9 aromatic rings. The summed E-state index contributed by atoms with van der Waals surface area (Å²) in [4.78, 5) is 0. The van der Waals surface area contributed by atoms with Gasteiger partial charge in [-0.15, -0.1) is 0 Å². The first kappa shape index (κ1) is 24.4. The van der Waals surface area contributed by atoms with Gasteiger partial charge in [-0.2, -0.15) is 0 Å². The molecule has 1 aliphatic rings. The molecule has 210 valence electrons. The lowest BCUT2D eigenvalue weighted by Gasteiger charge is -2.22. The number of ether oxygens (including phenoxy) is 1. The third-order valence-corrected chi connectivity index (χ3v) is 9.31. The summed E-state index contributed by atoms with van der Waals surface area (Å²) in [5, 5.41) is 5.00. The van der Waals surface area contributed by atoms with E-state index in [4.69, 9.17) is 4.74 Å². The van der Waals surface area contributed by atoms with Crippen molar-refractivity contribution in [3.8, 4) is 45.1 Å². The summed E-state index contributed by atoms with van der Waals surface area (Å²) in [5.74, 6) is 1.77. The minimum atomic E-state index is 0.872. The number of para-hydroxylation sites is 4. The van der Waals surface area contributed by atoms with Gasteiger partial charge in [0.2, 0.25) is 0 Å². The number of hydrogen-bond donors (Lipinski definition) is 0. The Hall–Kier alpha value is -6.06. The van der Waals surface area contributed by atoms with Crippen molar-refractivity contribution in [1.29, 1.82) is 0 Å². The Kier molecular flexibility index (Phi) is 5.00. The van der Waals surface area contributed by atoms with E-state index in [9.17, 15) is 0 Å². The Morgan fingerprint density at radius 2 is 0.889 bits per heavy atom. The van der Waals surface area contributed by atoms with Gasteiger partial charge in [-0.25, -0.2) is 0 Å². The normalized spacial score (nSPS) is 12.2. The van der Waals surface area contributed by atoms with Gasteiger partial charge in [-0.05, 0) is 76.9 Å². The largest absolute Gasteiger partial charge is 0.453 e. The van der Waals surface area contributed by atoms with Crippen LogP contribution in [0.4, 0.5) is 0 Å². The molecule has 10 rings (SSSR count). The van der Waals surface area contributed by atoms with E-state index in [0.29, 0.717) is 0 Å². The Labute approximate surface area is 259 Å². The SMILES string of the molecule is c1cc(-c2ccc(-n3c4ccccc4c4ccccc43)cc2)cc(-c2ccc3c(c2)-n2c4ccccc4c4cccc(c42)O3)c1. The minimum Gasteiger partial charge on any atom is -0.453 e. The van der Waals surface area contributed by atoms with Crippen LogP contribution in [0.1, 0.15) is 0 Å². The van der Waals surface area contributed by atoms with Gasteiger partial charge in [0.1, 0.15) is 0 Å². The number of hydrogen-bond acceptors (Lipinski definition) is 1. The van der Waals surface area contributed by atoms with Crippen LogP contribution >= 0.6 is 0 Å². The second-order valence-corrected chi connectivity index (χ2v) is 11.8. The van der Waals surface area contributed by atoms with Crippen LogP contribution in [0.25, 0.3) is 77.2 Å². The predicted octanol–water partition coefficient (Wildman–Crippen LogP) is 11.3. The summed E-state index contributed by atoms with van der Waals surface area (Å²) >= 11 is 0. The molecule has 3 nitrogen and oxygen atoms in total. The molecule has 0 saturated heterocycles. The summed E-state index contributed by atoms with van der Waals surface area (Å²) in [6.45, 7) is 0. The molecule has 3 heteroatoms. The quantitative estimate of drug-likeness (QED) is 0.205. The fourth-order valence-electron chi connectivity index (χ4n) is 7.28. The molecule has 0 fully saturated rings. The lowest BCUT2D eigenvalue weighted by atomic mass is 9.98. The molecule has 0 saturated carbocycles. The second kappa shape index (κ2) is 9.22. The standard InChI is InChI=1S/C42H26N2O/c1-4-15-36-32(11-1)33-12-2-5-16-37(33)43(36)31-22-19-27(20-23-31)28-9-7-10-29(25-28)30-21-24-40-39(26-30)44-38-17-6-3-13-34(38)35-14-8-18-41(45-40)42(35)44/h1-26H. The van der Waals surface area contributed by atoms with E-state index in [2.05, 4.69) is 167 Å². The molecule has 0 bridgehead atoms. The molecule has 0 amide bonds. The van der Waals surface area contributed by atoms with Gasteiger partial charge < -0.3 is 13.9 Å². The number of rotatable bonds is 3. The molecule has 0 unspecified atom stereocenters. The van der Waals surface area contributed by atoms with E-state index >= 15 is 0 Å². The Morgan fingerprint density at radius 3 is 1.60 bits per heavy atom. The molecule has 2 aromatic heterocycles. The average molecular weight is 575 g/mol. The number of nitrogens with zero attached hydrogens (tertiary/aromatic N) is 2. The molecule has 0 aliphatic carbocycles. The van der Waals surface area contributed by atoms with Crippen LogP contribution in [0.3, 0.4) is 0 Å².